The zero-order valence-electron chi connectivity index (χ0n) is 30.4. The zero-order valence-corrected chi connectivity index (χ0v) is 30.4. The van der Waals surface area contributed by atoms with Gasteiger partial charge in [0, 0.05) is 37.1 Å². The molecule has 0 bridgehead atoms. The molecule has 0 amide bonds. The van der Waals surface area contributed by atoms with E-state index in [0.717, 1.165) is 56.8 Å². The van der Waals surface area contributed by atoms with Crippen molar-refractivity contribution >= 4 is 11.9 Å². The molecule has 4 rings (SSSR count). The van der Waals surface area contributed by atoms with Gasteiger partial charge in [-0.05, 0) is 130 Å². The number of carbonyl (C=O) groups is 2. The van der Waals surface area contributed by atoms with Crippen molar-refractivity contribution in [3.8, 4) is 23.0 Å². The van der Waals surface area contributed by atoms with E-state index >= 15 is 0 Å². The molecule has 4 N–H and O–H groups in total. The molecular weight excluding hydrogens is 604 g/mol. The summed E-state index contributed by atoms with van der Waals surface area (Å²) in [4.78, 5) is 27.6. The van der Waals surface area contributed by atoms with Gasteiger partial charge >= 0.3 is 11.9 Å². The fourth-order valence-electron chi connectivity index (χ4n) is 5.46. The van der Waals surface area contributed by atoms with Gasteiger partial charge < -0.3 is 44.4 Å². The maximum Gasteiger partial charge on any atom is 0.350 e. The standard InChI is InChI=1S/C18H27NO4.C14H18O4.C4H11NO/c1-11-12(2)16-14(13(3)15(11)20)7-8-18(4,23-16)17(21)22-10-9-19(5)6;1-7-8(2)12-10(9(3)11(7)15)5-6-14(4,18-12)13(16)17;1-5(2)3-4-6/h20H,7-10H2,1-6H3;15H,5-6H2,1-4H3,(H,16,17);6H,3-4H2,1-2H3. The van der Waals surface area contributed by atoms with E-state index in [-0.39, 0.29) is 18.3 Å². The second-order valence-corrected chi connectivity index (χ2v) is 13.5. The highest BCUT2D eigenvalue weighted by atomic mass is 16.6. The van der Waals surface area contributed by atoms with Gasteiger partial charge in [-0.15, -0.1) is 0 Å². The lowest BCUT2D eigenvalue weighted by molar-refractivity contribution is -0.162. The van der Waals surface area contributed by atoms with Crippen LogP contribution >= 0.6 is 0 Å². The number of carbonyl (C=O) groups excluding carboxylic acids is 1. The van der Waals surface area contributed by atoms with Gasteiger partial charge in [0.15, 0.2) is 0 Å². The van der Waals surface area contributed by atoms with E-state index in [1.807, 2.05) is 79.5 Å². The predicted molar refractivity (Wildman–Crippen MR) is 182 cm³/mol. The van der Waals surface area contributed by atoms with E-state index in [1.54, 1.807) is 13.8 Å². The number of aliphatic carboxylic acids is 1. The first kappa shape index (κ1) is 39.6. The zero-order chi connectivity index (χ0) is 36.0. The van der Waals surface area contributed by atoms with Crippen LogP contribution < -0.4 is 9.47 Å². The second-order valence-electron chi connectivity index (χ2n) is 13.5. The minimum atomic E-state index is -1.17. The van der Waals surface area contributed by atoms with E-state index in [2.05, 4.69) is 0 Å². The van der Waals surface area contributed by atoms with Crippen molar-refractivity contribution < 1.29 is 44.2 Å². The van der Waals surface area contributed by atoms with Gasteiger partial charge in [-0.25, -0.2) is 9.59 Å². The molecule has 0 aliphatic carbocycles. The molecule has 0 radical (unpaired) electrons. The number of hydrogen-bond donors (Lipinski definition) is 4. The van der Waals surface area contributed by atoms with Gasteiger partial charge in [0.2, 0.25) is 11.2 Å². The molecule has 2 aromatic rings. The number of fused-ring (bicyclic) bond motifs is 2. The number of likely N-dealkylation sites (N-methyl/N-ethyl adjacent to an activating group) is 2. The van der Waals surface area contributed by atoms with Gasteiger partial charge in [0.05, 0.1) is 6.61 Å². The number of carboxylic acid groups (broad SMARTS) is 1. The average Bonchev–Trinajstić information content (AvgIpc) is 3.01. The van der Waals surface area contributed by atoms with Gasteiger partial charge in [-0.2, -0.15) is 0 Å². The maximum absolute atomic E-state index is 12.4. The molecule has 11 nitrogen and oxygen atoms in total. The number of hydrogen-bond acceptors (Lipinski definition) is 10. The van der Waals surface area contributed by atoms with Crippen LogP contribution in [0.15, 0.2) is 0 Å². The molecule has 0 saturated heterocycles. The Bertz CT molecular complexity index is 1450. The van der Waals surface area contributed by atoms with Gasteiger partial charge in [0.1, 0.15) is 29.6 Å². The molecule has 2 aromatic carbocycles. The van der Waals surface area contributed by atoms with Crippen LogP contribution in [0.2, 0.25) is 0 Å². The number of phenols is 2. The number of nitrogens with zero attached hydrogens (tertiary/aromatic N) is 2. The number of esters is 1. The molecular formula is C36H56N2O9. The van der Waals surface area contributed by atoms with Crippen LogP contribution in [-0.2, 0) is 27.2 Å². The minimum Gasteiger partial charge on any atom is -0.507 e. The smallest absolute Gasteiger partial charge is 0.350 e. The Labute approximate surface area is 280 Å². The number of aromatic hydroxyl groups is 2. The fraction of sp³-hybridized carbons (Fsp3) is 0.611. The highest BCUT2D eigenvalue weighted by Gasteiger charge is 2.42. The molecule has 264 valence electrons. The number of aliphatic hydroxyl groups excluding tert-OH is 1. The summed E-state index contributed by atoms with van der Waals surface area (Å²) >= 11 is 0. The SMILES string of the molecule is CN(C)CCO.Cc1c(C)c2c(c(C)c1O)CCC(C)(C(=O)O)O2.Cc1c(C)c2c(c(C)c1O)CCC(C)(C(=O)OCCN(C)C)O2. The van der Waals surface area contributed by atoms with Crippen molar-refractivity contribution in [1.29, 1.82) is 0 Å². The number of carboxylic acids is 1. The Morgan fingerprint density at radius 1 is 0.702 bits per heavy atom. The van der Waals surface area contributed by atoms with E-state index in [0.29, 0.717) is 50.3 Å². The first-order valence-electron chi connectivity index (χ1n) is 16.0. The highest BCUT2D eigenvalue weighted by Crippen LogP contribution is 2.44. The Morgan fingerprint density at radius 3 is 1.47 bits per heavy atom. The normalized spacial score (nSPS) is 19.6. The van der Waals surface area contributed by atoms with Crippen LogP contribution in [0.1, 0.15) is 71.2 Å². The number of rotatable bonds is 7. The van der Waals surface area contributed by atoms with Crippen molar-refractivity contribution in [1.82, 2.24) is 9.80 Å². The van der Waals surface area contributed by atoms with Crippen molar-refractivity contribution in [2.45, 2.75) is 92.3 Å². The van der Waals surface area contributed by atoms with Crippen LogP contribution in [0.25, 0.3) is 0 Å². The van der Waals surface area contributed by atoms with Gasteiger partial charge in [0.25, 0.3) is 0 Å². The van der Waals surface area contributed by atoms with E-state index < -0.39 is 17.2 Å². The van der Waals surface area contributed by atoms with Crippen LogP contribution in [0, 0.1) is 41.5 Å². The first-order valence-corrected chi connectivity index (χ1v) is 16.0. The molecule has 2 atom stereocenters. The van der Waals surface area contributed by atoms with Crippen molar-refractivity contribution in [3.05, 3.63) is 44.5 Å². The lowest BCUT2D eigenvalue weighted by atomic mass is 9.87. The first-order chi connectivity index (χ1) is 21.7. The maximum atomic E-state index is 12.4. The fourth-order valence-corrected chi connectivity index (χ4v) is 5.46. The summed E-state index contributed by atoms with van der Waals surface area (Å²) in [6.07, 6.45) is 2.26. The van der Waals surface area contributed by atoms with E-state index in [1.165, 1.54) is 0 Å². The molecule has 0 fully saturated rings. The summed E-state index contributed by atoms with van der Waals surface area (Å²) in [5.74, 6) is 0.676. The Balaban J connectivity index is 0.000000284. The summed E-state index contributed by atoms with van der Waals surface area (Å²) < 4.78 is 17.2. The minimum absolute atomic E-state index is 0.257. The summed E-state index contributed by atoms with van der Waals surface area (Å²) in [5.41, 5.74) is 4.65. The van der Waals surface area contributed by atoms with Crippen LogP contribution in [0.5, 0.6) is 23.0 Å². The van der Waals surface area contributed by atoms with Crippen molar-refractivity contribution in [3.63, 3.8) is 0 Å². The lowest BCUT2D eigenvalue weighted by Crippen LogP contribution is -2.46. The van der Waals surface area contributed by atoms with E-state index in [4.69, 9.17) is 19.3 Å². The molecule has 2 unspecified atom stereocenters. The summed E-state index contributed by atoms with van der Waals surface area (Å²) in [7, 11) is 7.72. The molecule has 11 heteroatoms. The van der Waals surface area contributed by atoms with Gasteiger partial charge in [-0.1, -0.05) is 0 Å². The quantitative estimate of drug-likeness (QED) is 0.310. The Hall–Kier alpha value is -3.54. The van der Waals surface area contributed by atoms with Crippen molar-refractivity contribution in [2.75, 3.05) is 54.5 Å². The topological polar surface area (TPSA) is 149 Å². The predicted octanol–water partition coefficient (Wildman–Crippen LogP) is 4.53. The van der Waals surface area contributed by atoms with Crippen LogP contribution in [0.3, 0.4) is 0 Å². The molecule has 0 saturated carbocycles. The molecule has 47 heavy (non-hydrogen) atoms. The number of aliphatic hydroxyl groups is 1. The van der Waals surface area contributed by atoms with Crippen LogP contribution in [0.4, 0.5) is 0 Å². The molecule has 2 heterocycles. The van der Waals surface area contributed by atoms with Gasteiger partial charge in [-0.3, -0.25) is 0 Å². The Kier molecular flexibility index (Phi) is 13.5. The highest BCUT2D eigenvalue weighted by molar-refractivity contribution is 5.80. The number of phenolic OH excluding ortho intramolecular Hbond substituents is 2. The van der Waals surface area contributed by atoms with Crippen LogP contribution in [-0.4, -0.2) is 108 Å². The number of ether oxygens (including phenoxy) is 3. The van der Waals surface area contributed by atoms with Crippen molar-refractivity contribution in [2.24, 2.45) is 0 Å². The third-order valence-corrected chi connectivity index (χ3v) is 9.24. The summed E-state index contributed by atoms with van der Waals surface area (Å²) in [5, 5.41) is 37.6. The third kappa shape index (κ3) is 9.09. The Morgan fingerprint density at radius 2 is 1.11 bits per heavy atom. The third-order valence-electron chi connectivity index (χ3n) is 9.24. The molecule has 0 spiro atoms. The summed E-state index contributed by atoms with van der Waals surface area (Å²) in [6, 6.07) is 0. The molecule has 0 aromatic heterocycles. The monoisotopic (exact) mass is 660 g/mol. The summed E-state index contributed by atoms with van der Waals surface area (Å²) in [6.45, 7) is 16.6. The molecule has 2 aliphatic rings. The van der Waals surface area contributed by atoms with E-state index in [9.17, 15) is 24.9 Å². The molecule has 2 aliphatic heterocycles. The number of benzene rings is 2. The largest absolute Gasteiger partial charge is 0.507 e. The second kappa shape index (κ2) is 16.0. The lowest BCUT2D eigenvalue weighted by Gasteiger charge is -2.36. The average molecular weight is 661 g/mol.